The van der Waals surface area contributed by atoms with E-state index in [0.717, 1.165) is 17.7 Å². The molecule has 6 heteroatoms. The van der Waals surface area contributed by atoms with Crippen LogP contribution in [0.15, 0.2) is 24.3 Å². The fourth-order valence-corrected chi connectivity index (χ4v) is 2.00. The van der Waals surface area contributed by atoms with Gasteiger partial charge in [-0.1, -0.05) is 12.1 Å². The fourth-order valence-electron chi connectivity index (χ4n) is 2.00. The third-order valence-electron chi connectivity index (χ3n) is 3.07. The predicted octanol–water partition coefficient (Wildman–Crippen LogP) is 3.24. The molecule has 0 fully saturated rings. The topological polar surface area (TPSA) is 51.8 Å². The second-order valence-electron chi connectivity index (χ2n) is 4.48. The normalized spacial score (nSPS) is 11.7. The average molecular weight is 281 g/mol. The molecule has 0 saturated carbocycles. The molecule has 2 aromatic rings. The maximum Gasteiger partial charge on any atom is 0.416 e. The van der Waals surface area contributed by atoms with Crippen molar-refractivity contribution in [3.63, 3.8) is 0 Å². The molecule has 0 radical (unpaired) electrons. The maximum absolute atomic E-state index is 12.7. The highest BCUT2D eigenvalue weighted by Gasteiger charge is 2.30. The molecule has 3 nitrogen and oxygen atoms in total. The van der Waals surface area contributed by atoms with Crippen LogP contribution in [0.1, 0.15) is 22.5 Å². The molecule has 0 amide bonds. The van der Waals surface area contributed by atoms with Gasteiger partial charge in [0.1, 0.15) is 0 Å². The first kappa shape index (κ1) is 14.5. The third-order valence-corrected chi connectivity index (χ3v) is 3.07. The van der Waals surface area contributed by atoms with E-state index in [2.05, 4.69) is 9.97 Å². The number of alkyl halides is 3. The van der Waals surface area contributed by atoms with Gasteiger partial charge in [0.25, 0.3) is 0 Å². The lowest BCUT2D eigenvalue weighted by molar-refractivity contribution is -0.137. The molecule has 0 aliphatic rings. The Bertz CT molecular complexity index is 613. The summed E-state index contributed by atoms with van der Waals surface area (Å²) in [5.74, 6) is 0.281. The quantitative estimate of drug-likeness (QED) is 0.919. The zero-order valence-corrected chi connectivity index (χ0v) is 11.1. The van der Waals surface area contributed by atoms with Gasteiger partial charge in [-0.05, 0) is 26.0 Å². The van der Waals surface area contributed by atoms with Crippen LogP contribution in [0.2, 0.25) is 0 Å². The predicted molar refractivity (Wildman–Crippen MR) is 69.8 cm³/mol. The highest BCUT2D eigenvalue weighted by molar-refractivity contribution is 5.57. The number of nitrogens with zero attached hydrogens (tertiary/aromatic N) is 2. The van der Waals surface area contributed by atoms with Crippen LogP contribution >= 0.6 is 0 Å². The highest BCUT2D eigenvalue weighted by atomic mass is 19.4. The number of rotatable bonds is 2. The van der Waals surface area contributed by atoms with Gasteiger partial charge < -0.3 is 5.73 Å². The van der Waals surface area contributed by atoms with Crippen molar-refractivity contribution in [3.05, 3.63) is 46.8 Å². The summed E-state index contributed by atoms with van der Waals surface area (Å²) in [5, 5.41) is 0. The summed E-state index contributed by atoms with van der Waals surface area (Å²) in [5.41, 5.74) is 7.42. The number of halogens is 3. The van der Waals surface area contributed by atoms with Crippen molar-refractivity contribution in [2.45, 2.75) is 26.6 Å². The van der Waals surface area contributed by atoms with Crippen molar-refractivity contribution in [2.24, 2.45) is 5.73 Å². The van der Waals surface area contributed by atoms with Gasteiger partial charge in [0.05, 0.1) is 5.56 Å². The average Bonchev–Trinajstić information content (AvgIpc) is 2.37. The first-order valence-corrected chi connectivity index (χ1v) is 6.04. The van der Waals surface area contributed by atoms with E-state index in [1.54, 1.807) is 19.9 Å². The molecule has 0 bridgehead atoms. The van der Waals surface area contributed by atoms with Gasteiger partial charge in [-0.15, -0.1) is 0 Å². The standard InChI is InChI=1S/C14H14F3N3/c1-8-12(7-18)9(2)20-13(19-8)10-4-3-5-11(6-10)14(15,16)17/h3-6H,7,18H2,1-2H3. The van der Waals surface area contributed by atoms with E-state index < -0.39 is 11.7 Å². The van der Waals surface area contributed by atoms with E-state index in [4.69, 9.17) is 5.73 Å². The van der Waals surface area contributed by atoms with Gasteiger partial charge in [-0.3, -0.25) is 0 Å². The van der Waals surface area contributed by atoms with E-state index in [1.165, 1.54) is 6.07 Å². The highest BCUT2D eigenvalue weighted by Crippen LogP contribution is 2.31. The first-order chi connectivity index (χ1) is 9.32. The van der Waals surface area contributed by atoms with Crippen LogP contribution in [0.25, 0.3) is 11.4 Å². The van der Waals surface area contributed by atoms with E-state index >= 15 is 0 Å². The van der Waals surface area contributed by atoms with Crippen molar-refractivity contribution >= 4 is 0 Å². The van der Waals surface area contributed by atoms with E-state index in [-0.39, 0.29) is 5.82 Å². The van der Waals surface area contributed by atoms with E-state index in [9.17, 15) is 13.2 Å². The van der Waals surface area contributed by atoms with Crippen LogP contribution < -0.4 is 5.73 Å². The molecule has 1 aromatic carbocycles. The fraction of sp³-hybridized carbons (Fsp3) is 0.286. The second-order valence-corrected chi connectivity index (χ2v) is 4.48. The Morgan fingerprint density at radius 3 is 2.20 bits per heavy atom. The number of aryl methyl sites for hydroxylation is 2. The van der Waals surface area contributed by atoms with Gasteiger partial charge in [0.2, 0.25) is 0 Å². The Labute approximate surface area is 114 Å². The zero-order valence-electron chi connectivity index (χ0n) is 11.1. The monoisotopic (exact) mass is 281 g/mol. The number of benzene rings is 1. The van der Waals surface area contributed by atoms with Crippen LogP contribution in [0.4, 0.5) is 13.2 Å². The Balaban J connectivity index is 2.52. The van der Waals surface area contributed by atoms with Crippen molar-refractivity contribution in [1.82, 2.24) is 9.97 Å². The van der Waals surface area contributed by atoms with E-state index in [0.29, 0.717) is 23.5 Å². The smallest absolute Gasteiger partial charge is 0.326 e. The lowest BCUT2D eigenvalue weighted by Crippen LogP contribution is -2.08. The molecule has 0 aliphatic heterocycles. The minimum Gasteiger partial charge on any atom is -0.326 e. The summed E-state index contributed by atoms with van der Waals surface area (Å²) in [6, 6.07) is 4.99. The van der Waals surface area contributed by atoms with Crippen LogP contribution in [-0.2, 0) is 12.7 Å². The summed E-state index contributed by atoms with van der Waals surface area (Å²) < 4.78 is 38.1. The number of nitrogens with two attached hydrogens (primary N) is 1. The Morgan fingerprint density at radius 1 is 1.10 bits per heavy atom. The molecule has 106 valence electrons. The molecule has 0 atom stereocenters. The van der Waals surface area contributed by atoms with Crippen LogP contribution in [0, 0.1) is 13.8 Å². The Kier molecular flexibility index (Phi) is 3.76. The molecule has 20 heavy (non-hydrogen) atoms. The molecule has 2 rings (SSSR count). The zero-order chi connectivity index (χ0) is 14.9. The molecule has 1 aromatic heterocycles. The summed E-state index contributed by atoms with van der Waals surface area (Å²) in [4.78, 5) is 8.48. The van der Waals surface area contributed by atoms with Gasteiger partial charge >= 0.3 is 6.18 Å². The van der Waals surface area contributed by atoms with E-state index in [1.807, 2.05) is 0 Å². The molecule has 2 N–H and O–H groups in total. The molecule has 0 aliphatic carbocycles. The molecular weight excluding hydrogens is 267 g/mol. The lowest BCUT2D eigenvalue weighted by atomic mass is 10.1. The molecule has 0 spiro atoms. The summed E-state index contributed by atoms with van der Waals surface area (Å²) in [6.07, 6.45) is -4.38. The van der Waals surface area contributed by atoms with Crippen LogP contribution in [0.5, 0.6) is 0 Å². The summed E-state index contributed by atoms with van der Waals surface area (Å²) in [7, 11) is 0. The van der Waals surface area contributed by atoms with Crippen molar-refractivity contribution in [2.75, 3.05) is 0 Å². The van der Waals surface area contributed by atoms with Crippen molar-refractivity contribution < 1.29 is 13.2 Å². The Hall–Kier alpha value is -1.95. The molecule has 0 unspecified atom stereocenters. The maximum atomic E-state index is 12.7. The lowest BCUT2D eigenvalue weighted by Gasteiger charge is -2.11. The number of hydrogen-bond donors (Lipinski definition) is 1. The van der Waals surface area contributed by atoms with Gasteiger partial charge in [0.15, 0.2) is 5.82 Å². The van der Waals surface area contributed by atoms with Gasteiger partial charge in [-0.2, -0.15) is 13.2 Å². The van der Waals surface area contributed by atoms with Gasteiger partial charge in [-0.25, -0.2) is 9.97 Å². The minimum absolute atomic E-state index is 0.281. The third kappa shape index (κ3) is 2.80. The van der Waals surface area contributed by atoms with Crippen molar-refractivity contribution in [3.8, 4) is 11.4 Å². The molecule has 1 heterocycles. The first-order valence-electron chi connectivity index (χ1n) is 6.04. The number of hydrogen-bond acceptors (Lipinski definition) is 3. The Morgan fingerprint density at radius 2 is 1.70 bits per heavy atom. The van der Waals surface area contributed by atoms with Crippen LogP contribution in [-0.4, -0.2) is 9.97 Å². The van der Waals surface area contributed by atoms with Crippen molar-refractivity contribution in [1.29, 1.82) is 0 Å². The summed E-state index contributed by atoms with van der Waals surface area (Å²) in [6.45, 7) is 3.85. The SMILES string of the molecule is Cc1nc(-c2cccc(C(F)(F)F)c2)nc(C)c1CN. The van der Waals surface area contributed by atoms with Gasteiger partial charge in [0, 0.05) is 29.1 Å². The minimum atomic E-state index is -4.38. The van der Waals surface area contributed by atoms with Crippen LogP contribution in [0.3, 0.4) is 0 Å². The molecule has 0 saturated heterocycles. The second kappa shape index (κ2) is 5.20. The number of aromatic nitrogens is 2. The summed E-state index contributed by atoms with van der Waals surface area (Å²) >= 11 is 0. The molecular formula is C14H14F3N3. The largest absolute Gasteiger partial charge is 0.416 e.